The zero-order valence-corrected chi connectivity index (χ0v) is 26.1. The van der Waals surface area contributed by atoms with Crippen molar-refractivity contribution in [1.82, 2.24) is 14.4 Å². The standard InChI is InChI=1S/C33H41ClN4O3S/c1-41-28-9-10-29(26(21-28)12-19-42(2,39)40)31-24-38(14-5-13-35)33-11-8-25(20-30(31)33)22-36-15-17-37(18-16-36)23-27-6-3-4-7-32(27)34/h3-4,6-11,20-21,24H,5,12-19,22-23,35H2,1-2H3. The van der Waals surface area contributed by atoms with Crippen molar-refractivity contribution in [2.24, 2.45) is 5.73 Å². The van der Waals surface area contributed by atoms with Crippen molar-refractivity contribution in [3.8, 4) is 16.9 Å². The molecular weight excluding hydrogens is 568 g/mol. The van der Waals surface area contributed by atoms with Gasteiger partial charge in [-0.05, 0) is 72.0 Å². The van der Waals surface area contributed by atoms with Crippen molar-refractivity contribution >= 4 is 32.3 Å². The first kappa shape index (κ1) is 30.6. The molecule has 1 aliphatic heterocycles. The van der Waals surface area contributed by atoms with Gasteiger partial charge >= 0.3 is 0 Å². The first-order chi connectivity index (χ1) is 20.2. The van der Waals surface area contributed by atoms with E-state index in [1.54, 1.807) is 7.11 Å². The van der Waals surface area contributed by atoms with Crippen molar-refractivity contribution < 1.29 is 13.2 Å². The summed E-state index contributed by atoms with van der Waals surface area (Å²) in [5, 5.41) is 2.01. The third-order valence-corrected chi connectivity index (χ3v) is 9.43. The van der Waals surface area contributed by atoms with Crippen LogP contribution < -0.4 is 10.5 Å². The maximum Gasteiger partial charge on any atom is 0.147 e. The van der Waals surface area contributed by atoms with Crippen LogP contribution in [-0.4, -0.2) is 74.6 Å². The number of nitrogens with zero attached hydrogens (tertiary/aromatic N) is 3. The van der Waals surface area contributed by atoms with Crippen molar-refractivity contribution in [2.45, 2.75) is 32.5 Å². The third kappa shape index (κ3) is 7.54. The fourth-order valence-corrected chi connectivity index (χ4v) is 6.58. The molecule has 0 aliphatic carbocycles. The predicted octanol–water partition coefficient (Wildman–Crippen LogP) is 5.22. The van der Waals surface area contributed by atoms with Gasteiger partial charge in [-0.15, -0.1) is 0 Å². The summed E-state index contributed by atoms with van der Waals surface area (Å²) in [5.41, 5.74) is 12.6. The molecule has 1 aromatic heterocycles. The monoisotopic (exact) mass is 608 g/mol. The van der Waals surface area contributed by atoms with Gasteiger partial charge in [0, 0.05) is 79.8 Å². The van der Waals surface area contributed by atoms with Crippen LogP contribution in [0.15, 0.2) is 66.9 Å². The Morgan fingerprint density at radius 2 is 1.64 bits per heavy atom. The lowest BCUT2D eigenvalue weighted by atomic mass is 9.96. The third-order valence-electron chi connectivity index (χ3n) is 8.12. The fourth-order valence-electron chi connectivity index (χ4n) is 5.80. The molecule has 0 bridgehead atoms. The summed E-state index contributed by atoms with van der Waals surface area (Å²) in [4.78, 5) is 4.98. The van der Waals surface area contributed by atoms with Gasteiger partial charge in [-0.1, -0.05) is 41.9 Å². The average Bonchev–Trinajstić information content (AvgIpc) is 3.34. The molecule has 0 radical (unpaired) electrons. The minimum atomic E-state index is -3.11. The maximum absolute atomic E-state index is 12.0. The topological polar surface area (TPSA) is 80.8 Å². The van der Waals surface area contributed by atoms with E-state index >= 15 is 0 Å². The summed E-state index contributed by atoms with van der Waals surface area (Å²) in [6.07, 6.45) is 4.80. The van der Waals surface area contributed by atoms with Crippen LogP contribution in [0.4, 0.5) is 0 Å². The Hall–Kier alpha value is -2.88. The van der Waals surface area contributed by atoms with E-state index in [2.05, 4.69) is 50.9 Å². The largest absolute Gasteiger partial charge is 0.497 e. The van der Waals surface area contributed by atoms with E-state index in [9.17, 15) is 8.42 Å². The van der Waals surface area contributed by atoms with E-state index in [4.69, 9.17) is 22.1 Å². The van der Waals surface area contributed by atoms with Crippen LogP contribution in [0.25, 0.3) is 22.0 Å². The second-order valence-corrected chi connectivity index (χ2v) is 13.9. The molecule has 2 N–H and O–H groups in total. The van der Waals surface area contributed by atoms with Crippen LogP contribution in [0.5, 0.6) is 5.75 Å². The molecule has 2 heterocycles. The summed E-state index contributed by atoms with van der Waals surface area (Å²) in [5.74, 6) is 0.815. The Morgan fingerprint density at radius 3 is 2.33 bits per heavy atom. The summed E-state index contributed by atoms with van der Waals surface area (Å²) >= 11 is 6.40. The van der Waals surface area contributed by atoms with Crippen molar-refractivity contribution in [1.29, 1.82) is 0 Å². The molecule has 5 rings (SSSR count). The Labute approximate surface area is 254 Å². The number of aromatic nitrogens is 1. The zero-order chi connectivity index (χ0) is 29.7. The second kappa shape index (κ2) is 13.6. The lowest BCUT2D eigenvalue weighted by molar-refractivity contribution is 0.122. The quantitative estimate of drug-likeness (QED) is 0.237. The Kier molecular flexibility index (Phi) is 9.91. The van der Waals surface area contributed by atoms with Crippen LogP contribution in [0.1, 0.15) is 23.1 Å². The Balaban J connectivity index is 1.40. The highest BCUT2D eigenvalue weighted by Crippen LogP contribution is 2.36. The van der Waals surface area contributed by atoms with Gasteiger partial charge in [0.1, 0.15) is 15.6 Å². The number of hydrogen-bond donors (Lipinski definition) is 1. The van der Waals surface area contributed by atoms with E-state index in [-0.39, 0.29) is 5.75 Å². The van der Waals surface area contributed by atoms with E-state index in [0.717, 1.165) is 85.2 Å². The number of ether oxygens (including phenoxy) is 1. The highest BCUT2D eigenvalue weighted by Gasteiger charge is 2.20. The molecular formula is C33H41ClN4O3S. The summed E-state index contributed by atoms with van der Waals surface area (Å²) in [6.45, 7) is 7.22. The number of hydrogen-bond acceptors (Lipinski definition) is 6. The molecule has 0 saturated carbocycles. The number of sulfone groups is 1. The first-order valence-electron chi connectivity index (χ1n) is 14.6. The minimum absolute atomic E-state index is 0.0900. The van der Waals surface area contributed by atoms with Gasteiger partial charge in [0.15, 0.2) is 0 Å². The molecule has 224 valence electrons. The van der Waals surface area contributed by atoms with Crippen molar-refractivity contribution in [3.63, 3.8) is 0 Å². The molecule has 0 atom stereocenters. The van der Waals surface area contributed by atoms with Crippen molar-refractivity contribution in [3.05, 3.63) is 88.6 Å². The Bertz CT molecular complexity index is 1630. The lowest BCUT2D eigenvalue weighted by Crippen LogP contribution is -2.45. The molecule has 9 heteroatoms. The Morgan fingerprint density at radius 1 is 0.905 bits per heavy atom. The van der Waals surface area contributed by atoms with Crippen LogP contribution in [0.2, 0.25) is 5.02 Å². The van der Waals surface area contributed by atoms with E-state index in [1.165, 1.54) is 22.8 Å². The summed E-state index contributed by atoms with van der Waals surface area (Å²) < 4.78 is 31.8. The summed E-state index contributed by atoms with van der Waals surface area (Å²) in [7, 11) is -1.48. The van der Waals surface area contributed by atoms with Gasteiger partial charge in [0.05, 0.1) is 12.9 Å². The van der Waals surface area contributed by atoms with E-state index < -0.39 is 9.84 Å². The molecule has 4 aromatic rings. The summed E-state index contributed by atoms with van der Waals surface area (Å²) in [6, 6.07) is 20.8. The molecule has 42 heavy (non-hydrogen) atoms. The van der Waals surface area contributed by atoms with Gasteiger partial charge < -0.3 is 15.0 Å². The van der Waals surface area contributed by atoms with Gasteiger partial charge in [0.25, 0.3) is 0 Å². The molecule has 1 fully saturated rings. The molecule has 0 unspecified atom stereocenters. The molecule has 0 spiro atoms. The number of benzene rings is 3. The number of methoxy groups -OCH3 is 1. The maximum atomic E-state index is 12.0. The SMILES string of the molecule is COc1ccc(-c2cn(CCCN)c3ccc(CN4CCN(Cc5ccccc5Cl)CC4)cc23)c(CCS(C)(=O)=O)c1. The molecule has 1 aliphatic rings. The van der Waals surface area contributed by atoms with Gasteiger partial charge in [0.2, 0.25) is 0 Å². The highest BCUT2D eigenvalue weighted by atomic mass is 35.5. The first-order valence-corrected chi connectivity index (χ1v) is 17.0. The second-order valence-electron chi connectivity index (χ2n) is 11.3. The number of halogens is 1. The van der Waals surface area contributed by atoms with Crippen LogP contribution >= 0.6 is 11.6 Å². The number of aryl methyl sites for hydroxylation is 2. The normalized spacial score (nSPS) is 15.0. The van der Waals surface area contributed by atoms with E-state index in [1.807, 2.05) is 30.3 Å². The number of rotatable bonds is 12. The number of nitrogens with two attached hydrogens (primary N) is 1. The van der Waals surface area contributed by atoms with E-state index in [0.29, 0.717) is 13.0 Å². The molecule has 7 nitrogen and oxygen atoms in total. The van der Waals surface area contributed by atoms with Crippen LogP contribution in [-0.2, 0) is 35.9 Å². The fraction of sp³-hybridized carbons (Fsp3) is 0.394. The van der Waals surface area contributed by atoms with Gasteiger partial charge in [-0.25, -0.2) is 8.42 Å². The predicted molar refractivity (Wildman–Crippen MR) is 173 cm³/mol. The van der Waals surface area contributed by atoms with Crippen LogP contribution in [0, 0.1) is 0 Å². The number of piperazine rings is 1. The molecule has 1 saturated heterocycles. The smallest absolute Gasteiger partial charge is 0.147 e. The molecule has 0 amide bonds. The molecule has 3 aromatic carbocycles. The van der Waals surface area contributed by atoms with Gasteiger partial charge in [-0.3, -0.25) is 9.80 Å². The highest BCUT2D eigenvalue weighted by molar-refractivity contribution is 7.90. The number of fused-ring (bicyclic) bond motifs is 1. The lowest BCUT2D eigenvalue weighted by Gasteiger charge is -2.35. The van der Waals surface area contributed by atoms with Crippen LogP contribution in [0.3, 0.4) is 0 Å². The minimum Gasteiger partial charge on any atom is -0.497 e. The zero-order valence-electron chi connectivity index (χ0n) is 24.6. The average molecular weight is 609 g/mol. The van der Waals surface area contributed by atoms with Gasteiger partial charge in [-0.2, -0.15) is 0 Å². The van der Waals surface area contributed by atoms with Crippen molar-refractivity contribution in [2.75, 3.05) is 51.8 Å².